The van der Waals surface area contributed by atoms with Gasteiger partial charge in [0.1, 0.15) is 0 Å². The number of nitrogens with two attached hydrogens (primary N) is 1. The number of hydrogen-bond donors (Lipinski definition) is 1. The second-order valence-electron chi connectivity index (χ2n) is 6.45. The molecule has 2 fully saturated rings. The highest BCUT2D eigenvalue weighted by atomic mass is 16.2. The quantitative estimate of drug-likeness (QED) is 0.838. The van der Waals surface area contributed by atoms with Gasteiger partial charge in [-0.3, -0.25) is 4.79 Å². The van der Waals surface area contributed by atoms with E-state index in [2.05, 4.69) is 18.7 Å². The van der Waals surface area contributed by atoms with E-state index in [-0.39, 0.29) is 12.0 Å². The molecule has 1 saturated carbocycles. The number of likely N-dealkylation sites (tertiary alicyclic amines) is 1. The third kappa shape index (κ3) is 3.29. The van der Waals surface area contributed by atoms with Crippen molar-refractivity contribution < 1.29 is 4.79 Å². The molecule has 1 aliphatic carbocycles. The molecule has 2 rings (SSSR count). The molecule has 0 bridgehead atoms. The van der Waals surface area contributed by atoms with Crippen molar-refractivity contribution in [1.29, 1.82) is 0 Å². The Bertz CT molecular complexity index is 321. The summed E-state index contributed by atoms with van der Waals surface area (Å²) in [5, 5.41) is 0. The van der Waals surface area contributed by atoms with Crippen molar-refractivity contribution in [3.05, 3.63) is 0 Å². The summed E-state index contributed by atoms with van der Waals surface area (Å²) in [4.78, 5) is 17.0. The van der Waals surface area contributed by atoms with E-state index >= 15 is 0 Å². The molecule has 2 N–H and O–H groups in total. The number of amides is 1. The molecule has 2 aliphatic rings. The minimum absolute atomic E-state index is 0.177. The number of nitrogens with zero attached hydrogens (tertiary/aromatic N) is 2. The maximum atomic E-state index is 12.5. The van der Waals surface area contributed by atoms with Gasteiger partial charge in [0, 0.05) is 38.1 Å². The number of carbonyl (C=O) groups is 1. The normalized spacial score (nSPS) is 36.4. The molecule has 0 aromatic rings. The van der Waals surface area contributed by atoms with Gasteiger partial charge in [-0.05, 0) is 38.1 Å². The number of hydrogen-bond acceptors (Lipinski definition) is 3. The van der Waals surface area contributed by atoms with E-state index in [1.54, 1.807) is 0 Å². The fraction of sp³-hybridized carbons (Fsp3) is 0.933. The predicted octanol–water partition coefficient (Wildman–Crippen LogP) is 1.30. The molecule has 1 amide bonds. The number of piperidine rings is 1. The summed E-state index contributed by atoms with van der Waals surface area (Å²) in [6.45, 7) is 7.83. The second kappa shape index (κ2) is 6.23. The van der Waals surface area contributed by atoms with Crippen LogP contribution >= 0.6 is 0 Å². The standard InChI is InChI=1S/C15H29N3O/c1-4-18-8-7-14(11(2)10-18)17(3)15(19)12-5-6-13(16)9-12/h11-14H,4-10,16H2,1-3H3. The van der Waals surface area contributed by atoms with Crippen molar-refractivity contribution in [3.8, 4) is 0 Å². The third-order valence-electron chi connectivity index (χ3n) is 5.06. The van der Waals surface area contributed by atoms with Crippen molar-refractivity contribution in [1.82, 2.24) is 9.80 Å². The molecule has 4 nitrogen and oxygen atoms in total. The highest BCUT2D eigenvalue weighted by molar-refractivity contribution is 5.79. The van der Waals surface area contributed by atoms with Crippen molar-refractivity contribution in [2.45, 2.75) is 51.6 Å². The van der Waals surface area contributed by atoms with Crippen molar-refractivity contribution >= 4 is 5.91 Å². The topological polar surface area (TPSA) is 49.6 Å². The lowest BCUT2D eigenvalue weighted by molar-refractivity contribution is -0.138. The van der Waals surface area contributed by atoms with Gasteiger partial charge >= 0.3 is 0 Å². The van der Waals surface area contributed by atoms with Gasteiger partial charge in [0.25, 0.3) is 0 Å². The second-order valence-corrected chi connectivity index (χ2v) is 6.45. The summed E-state index contributed by atoms with van der Waals surface area (Å²) in [6, 6.07) is 0.647. The van der Waals surface area contributed by atoms with Gasteiger partial charge in [-0.25, -0.2) is 0 Å². The van der Waals surface area contributed by atoms with Crippen LogP contribution in [-0.4, -0.2) is 54.5 Å². The molecular formula is C15H29N3O. The molecule has 0 spiro atoms. The molecule has 0 aromatic carbocycles. The van der Waals surface area contributed by atoms with Crippen molar-refractivity contribution in [2.75, 3.05) is 26.7 Å². The summed E-state index contributed by atoms with van der Waals surface area (Å²) in [5.74, 6) is 1.07. The molecule has 4 heteroatoms. The maximum Gasteiger partial charge on any atom is 0.225 e. The van der Waals surface area contributed by atoms with E-state index in [1.807, 2.05) is 11.9 Å². The highest BCUT2D eigenvalue weighted by Crippen LogP contribution is 2.29. The smallest absolute Gasteiger partial charge is 0.225 e. The molecule has 0 radical (unpaired) electrons. The SMILES string of the molecule is CCN1CCC(N(C)C(=O)C2CCC(N)C2)C(C)C1. The number of carbonyl (C=O) groups excluding carboxylic acids is 1. The fourth-order valence-electron chi connectivity index (χ4n) is 3.77. The zero-order valence-corrected chi connectivity index (χ0v) is 12.6. The number of rotatable bonds is 3. The molecule has 0 aromatic heterocycles. The molecule has 1 saturated heterocycles. The van der Waals surface area contributed by atoms with Crippen LogP contribution in [-0.2, 0) is 4.79 Å². The van der Waals surface area contributed by atoms with Crippen LogP contribution in [0, 0.1) is 11.8 Å². The van der Waals surface area contributed by atoms with Crippen LogP contribution in [0.3, 0.4) is 0 Å². The first-order valence-electron chi connectivity index (χ1n) is 7.77. The summed E-state index contributed by atoms with van der Waals surface area (Å²) < 4.78 is 0. The van der Waals surface area contributed by atoms with E-state index < -0.39 is 0 Å². The molecule has 1 aliphatic heterocycles. The highest BCUT2D eigenvalue weighted by Gasteiger charge is 2.35. The summed E-state index contributed by atoms with van der Waals surface area (Å²) in [5.41, 5.74) is 5.93. The minimum Gasteiger partial charge on any atom is -0.342 e. The third-order valence-corrected chi connectivity index (χ3v) is 5.06. The summed E-state index contributed by atoms with van der Waals surface area (Å²) in [6.07, 6.45) is 3.97. The first kappa shape index (κ1) is 14.8. The van der Waals surface area contributed by atoms with Crippen LogP contribution in [0.15, 0.2) is 0 Å². The van der Waals surface area contributed by atoms with Crippen LogP contribution in [0.25, 0.3) is 0 Å². The van der Waals surface area contributed by atoms with Gasteiger partial charge in [0.15, 0.2) is 0 Å². The van der Waals surface area contributed by atoms with Gasteiger partial charge in [-0.15, -0.1) is 0 Å². The van der Waals surface area contributed by atoms with Crippen LogP contribution in [0.4, 0.5) is 0 Å². The first-order valence-corrected chi connectivity index (χ1v) is 7.77. The molecule has 4 unspecified atom stereocenters. The summed E-state index contributed by atoms with van der Waals surface area (Å²) >= 11 is 0. The Morgan fingerprint density at radius 3 is 2.63 bits per heavy atom. The zero-order valence-electron chi connectivity index (χ0n) is 12.6. The minimum atomic E-state index is 0.177. The Balaban J connectivity index is 1.92. The van der Waals surface area contributed by atoms with Crippen LogP contribution < -0.4 is 5.73 Å². The Kier molecular flexibility index (Phi) is 4.85. The van der Waals surface area contributed by atoms with Gasteiger partial charge in [0.2, 0.25) is 5.91 Å². The van der Waals surface area contributed by atoms with Crippen molar-refractivity contribution in [3.63, 3.8) is 0 Å². The van der Waals surface area contributed by atoms with E-state index in [1.165, 1.54) is 0 Å². The molecule has 19 heavy (non-hydrogen) atoms. The van der Waals surface area contributed by atoms with E-state index in [0.29, 0.717) is 17.9 Å². The van der Waals surface area contributed by atoms with Crippen LogP contribution in [0.2, 0.25) is 0 Å². The lowest BCUT2D eigenvalue weighted by atomic mass is 9.91. The van der Waals surface area contributed by atoms with E-state index in [9.17, 15) is 4.79 Å². The Hall–Kier alpha value is -0.610. The zero-order chi connectivity index (χ0) is 14.0. The Morgan fingerprint density at radius 1 is 1.37 bits per heavy atom. The van der Waals surface area contributed by atoms with Crippen LogP contribution in [0.1, 0.15) is 39.5 Å². The van der Waals surface area contributed by atoms with Gasteiger partial charge in [0.05, 0.1) is 0 Å². The molecular weight excluding hydrogens is 238 g/mol. The van der Waals surface area contributed by atoms with Crippen LogP contribution in [0.5, 0.6) is 0 Å². The largest absolute Gasteiger partial charge is 0.342 e. The monoisotopic (exact) mass is 267 g/mol. The molecule has 1 heterocycles. The van der Waals surface area contributed by atoms with Crippen molar-refractivity contribution in [2.24, 2.45) is 17.6 Å². The van der Waals surface area contributed by atoms with E-state index in [0.717, 1.165) is 45.3 Å². The van der Waals surface area contributed by atoms with Gasteiger partial charge in [-0.1, -0.05) is 13.8 Å². The maximum absolute atomic E-state index is 12.5. The molecule has 110 valence electrons. The average molecular weight is 267 g/mol. The predicted molar refractivity (Wildman–Crippen MR) is 77.8 cm³/mol. The lowest BCUT2D eigenvalue weighted by Gasteiger charge is -2.41. The van der Waals surface area contributed by atoms with Gasteiger partial charge < -0.3 is 15.5 Å². The average Bonchev–Trinajstić information content (AvgIpc) is 2.83. The van der Waals surface area contributed by atoms with Gasteiger partial charge in [-0.2, -0.15) is 0 Å². The fourth-order valence-corrected chi connectivity index (χ4v) is 3.77. The Morgan fingerprint density at radius 2 is 2.11 bits per heavy atom. The first-order chi connectivity index (χ1) is 9.02. The van der Waals surface area contributed by atoms with E-state index in [4.69, 9.17) is 5.73 Å². The Labute approximate surface area is 117 Å². The molecule has 4 atom stereocenters. The lowest BCUT2D eigenvalue weighted by Crippen LogP contribution is -2.51. The summed E-state index contributed by atoms with van der Waals surface area (Å²) in [7, 11) is 1.99.